The van der Waals surface area contributed by atoms with E-state index in [9.17, 15) is 4.79 Å². The molecule has 0 unspecified atom stereocenters. The van der Waals surface area contributed by atoms with E-state index >= 15 is 0 Å². The van der Waals surface area contributed by atoms with Gasteiger partial charge in [-0.1, -0.05) is 35.9 Å². The number of methoxy groups -OCH3 is 1. The molecular formula is C17H16ClNO2. The van der Waals surface area contributed by atoms with Gasteiger partial charge >= 0.3 is 0 Å². The molecule has 0 aliphatic carbocycles. The van der Waals surface area contributed by atoms with E-state index in [-0.39, 0.29) is 5.91 Å². The molecule has 0 aliphatic rings. The van der Waals surface area contributed by atoms with Gasteiger partial charge in [-0.15, -0.1) is 0 Å². The molecule has 2 aromatic rings. The number of benzene rings is 2. The predicted molar refractivity (Wildman–Crippen MR) is 86.8 cm³/mol. The molecule has 0 atom stereocenters. The number of ether oxygens (including phenoxy) is 1. The van der Waals surface area contributed by atoms with E-state index in [1.54, 1.807) is 31.4 Å². The van der Waals surface area contributed by atoms with Gasteiger partial charge in [0.25, 0.3) is 0 Å². The number of amides is 1. The number of hydrogen-bond donors (Lipinski definition) is 1. The lowest BCUT2D eigenvalue weighted by molar-refractivity contribution is -0.111. The van der Waals surface area contributed by atoms with Gasteiger partial charge in [-0.05, 0) is 42.3 Å². The number of anilines is 1. The van der Waals surface area contributed by atoms with Crippen molar-refractivity contribution in [2.75, 3.05) is 12.4 Å². The van der Waals surface area contributed by atoms with Crippen molar-refractivity contribution in [3.63, 3.8) is 0 Å². The van der Waals surface area contributed by atoms with Crippen LogP contribution in [0.1, 0.15) is 11.1 Å². The molecule has 0 saturated carbocycles. The fourth-order valence-corrected chi connectivity index (χ4v) is 2.06. The Hall–Kier alpha value is -2.26. The third-order valence-electron chi connectivity index (χ3n) is 3.02. The number of aryl methyl sites for hydroxylation is 1. The van der Waals surface area contributed by atoms with Gasteiger partial charge in [-0.3, -0.25) is 4.79 Å². The molecule has 0 aliphatic heterocycles. The minimum Gasteiger partial charge on any atom is -0.495 e. The fourth-order valence-electron chi connectivity index (χ4n) is 1.89. The van der Waals surface area contributed by atoms with Gasteiger partial charge in [0.2, 0.25) is 5.91 Å². The van der Waals surface area contributed by atoms with E-state index in [2.05, 4.69) is 5.32 Å². The zero-order chi connectivity index (χ0) is 15.2. The van der Waals surface area contributed by atoms with Crippen molar-refractivity contribution < 1.29 is 9.53 Å². The molecule has 0 aromatic heterocycles. The topological polar surface area (TPSA) is 38.3 Å². The summed E-state index contributed by atoms with van der Waals surface area (Å²) in [7, 11) is 1.54. The van der Waals surface area contributed by atoms with Crippen LogP contribution in [0.4, 0.5) is 5.69 Å². The van der Waals surface area contributed by atoms with E-state index in [1.807, 2.05) is 31.2 Å². The third kappa shape index (κ3) is 4.10. The van der Waals surface area contributed by atoms with Crippen LogP contribution in [-0.2, 0) is 4.79 Å². The van der Waals surface area contributed by atoms with Gasteiger partial charge in [-0.2, -0.15) is 0 Å². The number of rotatable bonds is 4. The largest absolute Gasteiger partial charge is 0.495 e. The first-order valence-corrected chi connectivity index (χ1v) is 6.86. The molecule has 0 bridgehead atoms. The molecule has 1 N–H and O–H groups in total. The summed E-state index contributed by atoms with van der Waals surface area (Å²) in [6, 6.07) is 12.9. The molecule has 2 aromatic carbocycles. The Morgan fingerprint density at radius 3 is 2.71 bits per heavy atom. The maximum atomic E-state index is 12.0. The molecule has 0 saturated heterocycles. The average molecular weight is 302 g/mol. The van der Waals surface area contributed by atoms with Gasteiger partial charge in [0.05, 0.1) is 12.8 Å². The first kappa shape index (κ1) is 15.1. The van der Waals surface area contributed by atoms with E-state index in [0.29, 0.717) is 16.5 Å². The van der Waals surface area contributed by atoms with Crippen LogP contribution in [0.15, 0.2) is 48.5 Å². The summed E-state index contributed by atoms with van der Waals surface area (Å²) in [4.78, 5) is 12.0. The van der Waals surface area contributed by atoms with Gasteiger partial charge in [0.15, 0.2) is 0 Å². The molecule has 21 heavy (non-hydrogen) atoms. The van der Waals surface area contributed by atoms with Gasteiger partial charge in [0.1, 0.15) is 5.75 Å². The molecule has 0 radical (unpaired) electrons. The summed E-state index contributed by atoms with van der Waals surface area (Å²) < 4.78 is 5.19. The van der Waals surface area contributed by atoms with Crippen LogP contribution in [0.5, 0.6) is 5.75 Å². The highest BCUT2D eigenvalue weighted by Gasteiger charge is 2.06. The van der Waals surface area contributed by atoms with Crippen LogP contribution in [0.2, 0.25) is 5.02 Å². The average Bonchev–Trinajstić information content (AvgIpc) is 2.47. The quantitative estimate of drug-likeness (QED) is 0.855. The molecule has 0 spiro atoms. The van der Waals surface area contributed by atoms with E-state index in [1.165, 1.54) is 6.08 Å². The minimum absolute atomic E-state index is 0.237. The zero-order valence-electron chi connectivity index (χ0n) is 11.9. The number of nitrogens with one attached hydrogen (secondary N) is 1. The molecule has 2 rings (SSSR count). The van der Waals surface area contributed by atoms with Crippen molar-refractivity contribution >= 4 is 29.3 Å². The normalized spacial score (nSPS) is 10.6. The highest BCUT2D eigenvalue weighted by Crippen LogP contribution is 2.27. The van der Waals surface area contributed by atoms with Crippen molar-refractivity contribution in [3.8, 4) is 5.75 Å². The Balaban J connectivity index is 2.12. The number of halogens is 1. The zero-order valence-corrected chi connectivity index (χ0v) is 12.6. The van der Waals surface area contributed by atoms with Gasteiger partial charge in [0, 0.05) is 11.1 Å². The highest BCUT2D eigenvalue weighted by molar-refractivity contribution is 6.31. The van der Waals surface area contributed by atoms with Gasteiger partial charge in [-0.25, -0.2) is 0 Å². The first-order chi connectivity index (χ1) is 10.1. The summed E-state index contributed by atoms with van der Waals surface area (Å²) in [5, 5.41) is 3.29. The lowest BCUT2D eigenvalue weighted by Gasteiger charge is -2.09. The second-order valence-corrected chi connectivity index (χ2v) is 4.96. The molecule has 3 nitrogen and oxygen atoms in total. The Kier molecular flexibility index (Phi) is 5.01. The Bertz CT molecular complexity index is 680. The summed E-state index contributed by atoms with van der Waals surface area (Å²) in [6.45, 7) is 2.00. The maximum absolute atomic E-state index is 12.0. The van der Waals surface area contributed by atoms with Crippen LogP contribution < -0.4 is 10.1 Å². The van der Waals surface area contributed by atoms with Crippen LogP contribution in [-0.4, -0.2) is 13.0 Å². The SMILES string of the molecule is COc1ccc(Cl)cc1NC(=O)/C=C/c1ccccc1C. The van der Waals surface area contributed by atoms with Crippen LogP contribution in [0, 0.1) is 6.92 Å². The monoisotopic (exact) mass is 301 g/mol. The van der Waals surface area contributed by atoms with Gasteiger partial charge < -0.3 is 10.1 Å². The van der Waals surface area contributed by atoms with Crippen molar-refractivity contribution in [2.24, 2.45) is 0 Å². The standard InChI is InChI=1S/C17H16ClNO2/c1-12-5-3-4-6-13(12)7-10-17(20)19-15-11-14(18)8-9-16(15)21-2/h3-11H,1-2H3,(H,19,20)/b10-7+. The van der Waals surface area contributed by atoms with E-state index in [4.69, 9.17) is 16.3 Å². The van der Waals surface area contributed by atoms with Crippen LogP contribution in [0.3, 0.4) is 0 Å². The lowest BCUT2D eigenvalue weighted by Crippen LogP contribution is -2.08. The summed E-state index contributed by atoms with van der Waals surface area (Å²) in [5.74, 6) is 0.330. The molecule has 1 amide bonds. The Labute approximate surface area is 129 Å². The second kappa shape index (κ2) is 6.95. The Morgan fingerprint density at radius 1 is 1.24 bits per heavy atom. The minimum atomic E-state index is -0.237. The summed E-state index contributed by atoms with van der Waals surface area (Å²) in [5.41, 5.74) is 2.66. The first-order valence-electron chi connectivity index (χ1n) is 6.48. The fraction of sp³-hybridized carbons (Fsp3) is 0.118. The van der Waals surface area contributed by atoms with E-state index < -0.39 is 0 Å². The number of carbonyl (C=O) groups excluding carboxylic acids is 1. The molecule has 0 fully saturated rings. The molecular weight excluding hydrogens is 286 g/mol. The van der Waals surface area contributed by atoms with E-state index in [0.717, 1.165) is 11.1 Å². The smallest absolute Gasteiger partial charge is 0.248 e. The molecule has 0 heterocycles. The van der Waals surface area contributed by atoms with Crippen molar-refractivity contribution in [3.05, 3.63) is 64.7 Å². The highest BCUT2D eigenvalue weighted by atomic mass is 35.5. The van der Waals surface area contributed by atoms with Crippen molar-refractivity contribution in [2.45, 2.75) is 6.92 Å². The van der Waals surface area contributed by atoms with Crippen molar-refractivity contribution in [1.29, 1.82) is 0 Å². The van der Waals surface area contributed by atoms with Crippen molar-refractivity contribution in [1.82, 2.24) is 0 Å². The number of hydrogen-bond acceptors (Lipinski definition) is 2. The second-order valence-electron chi connectivity index (χ2n) is 4.52. The summed E-state index contributed by atoms with van der Waals surface area (Å²) >= 11 is 5.93. The lowest BCUT2D eigenvalue weighted by atomic mass is 10.1. The maximum Gasteiger partial charge on any atom is 0.248 e. The molecule has 4 heteroatoms. The van der Waals surface area contributed by atoms with Crippen LogP contribution in [0.25, 0.3) is 6.08 Å². The predicted octanol–water partition coefficient (Wildman–Crippen LogP) is 4.31. The third-order valence-corrected chi connectivity index (χ3v) is 3.26. The Morgan fingerprint density at radius 2 is 2.00 bits per heavy atom. The number of carbonyl (C=O) groups is 1. The molecule has 108 valence electrons. The van der Waals surface area contributed by atoms with Crippen LogP contribution >= 0.6 is 11.6 Å². The summed E-state index contributed by atoms with van der Waals surface area (Å²) in [6.07, 6.45) is 3.27.